The smallest absolute Gasteiger partial charge is 0.337 e. The Bertz CT molecular complexity index is 1280. The predicted molar refractivity (Wildman–Crippen MR) is 130 cm³/mol. The van der Waals surface area contributed by atoms with Crippen LogP contribution >= 0.6 is 11.6 Å². The maximum absolute atomic E-state index is 11.8. The molecule has 4 aromatic rings. The second-order valence-corrected chi connectivity index (χ2v) is 7.81. The number of hydrogen-bond donors (Lipinski definition) is 1. The van der Waals surface area contributed by atoms with Gasteiger partial charge in [0.15, 0.2) is 0 Å². The van der Waals surface area contributed by atoms with Crippen molar-refractivity contribution in [1.29, 1.82) is 0 Å². The molecule has 0 aliphatic carbocycles. The fourth-order valence-corrected chi connectivity index (χ4v) is 3.46. The molecule has 34 heavy (non-hydrogen) atoms. The lowest BCUT2D eigenvalue weighted by Gasteiger charge is -2.15. The van der Waals surface area contributed by atoms with E-state index in [9.17, 15) is 9.90 Å². The Morgan fingerprint density at radius 2 is 1.62 bits per heavy atom. The molecule has 7 heteroatoms. The molecule has 0 saturated carbocycles. The molecule has 1 aromatic heterocycles. The molecular formula is C27H22ClNO5. The first kappa shape index (κ1) is 23.1. The number of aromatic carboxylic acids is 1. The van der Waals surface area contributed by atoms with Gasteiger partial charge < -0.3 is 19.3 Å². The van der Waals surface area contributed by atoms with E-state index in [1.807, 2.05) is 42.5 Å². The Hall–Kier alpha value is -4.03. The van der Waals surface area contributed by atoms with Crippen molar-refractivity contribution in [2.24, 2.45) is 0 Å². The molecule has 4 rings (SSSR count). The quantitative estimate of drug-likeness (QED) is 0.307. The standard InChI is InChI=1S/C27H22ClNO5/c1-32-21-11-14-26(34-16-18-5-3-2-4-6-18)23(15-21)24-13-12-22(27(30)31)25(29-24)17-33-20-9-7-19(28)8-10-20/h2-15H,16-17H2,1H3,(H,30,31). The Morgan fingerprint density at radius 3 is 2.32 bits per heavy atom. The van der Waals surface area contributed by atoms with Crippen molar-refractivity contribution in [2.75, 3.05) is 7.11 Å². The number of halogens is 1. The van der Waals surface area contributed by atoms with Crippen molar-refractivity contribution >= 4 is 17.6 Å². The second-order valence-electron chi connectivity index (χ2n) is 7.37. The van der Waals surface area contributed by atoms with E-state index in [1.165, 1.54) is 6.07 Å². The van der Waals surface area contributed by atoms with Crippen LogP contribution in [0, 0.1) is 0 Å². The molecule has 0 aliphatic rings. The van der Waals surface area contributed by atoms with Gasteiger partial charge in [-0.2, -0.15) is 0 Å². The molecule has 0 saturated heterocycles. The van der Waals surface area contributed by atoms with E-state index in [0.717, 1.165) is 5.56 Å². The topological polar surface area (TPSA) is 77.9 Å². The van der Waals surface area contributed by atoms with Crippen LogP contribution in [0.3, 0.4) is 0 Å². The minimum atomic E-state index is -1.08. The molecule has 172 valence electrons. The number of pyridine rings is 1. The third-order valence-corrected chi connectivity index (χ3v) is 5.35. The predicted octanol–water partition coefficient (Wildman–Crippen LogP) is 6.27. The fraction of sp³-hybridized carbons (Fsp3) is 0.111. The van der Waals surface area contributed by atoms with Crippen LogP contribution in [0.15, 0.2) is 84.9 Å². The van der Waals surface area contributed by atoms with E-state index in [2.05, 4.69) is 4.98 Å². The van der Waals surface area contributed by atoms with Crippen LogP contribution in [-0.4, -0.2) is 23.2 Å². The zero-order chi connectivity index (χ0) is 23.9. The largest absolute Gasteiger partial charge is 0.497 e. The Morgan fingerprint density at radius 1 is 0.882 bits per heavy atom. The summed E-state index contributed by atoms with van der Waals surface area (Å²) in [5.41, 5.74) is 2.60. The lowest BCUT2D eigenvalue weighted by molar-refractivity contribution is 0.0693. The van der Waals surface area contributed by atoms with Gasteiger partial charge in [0.2, 0.25) is 0 Å². The number of rotatable bonds is 9. The van der Waals surface area contributed by atoms with E-state index in [1.54, 1.807) is 43.5 Å². The first-order valence-electron chi connectivity index (χ1n) is 10.5. The maximum Gasteiger partial charge on any atom is 0.337 e. The maximum atomic E-state index is 11.8. The van der Waals surface area contributed by atoms with Crippen molar-refractivity contribution in [3.05, 3.63) is 107 Å². The van der Waals surface area contributed by atoms with Gasteiger partial charge in [0, 0.05) is 10.6 Å². The fourth-order valence-electron chi connectivity index (χ4n) is 3.34. The van der Waals surface area contributed by atoms with Crippen molar-refractivity contribution in [2.45, 2.75) is 13.2 Å². The number of carboxylic acids is 1. The number of carbonyl (C=O) groups is 1. The lowest BCUT2D eigenvalue weighted by atomic mass is 10.1. The Kier molecular flexibility index (Phi) is 7.30. The summed E-state index contributed by atoms with van der Waals surface area (Å²) in [7, 11) is 1.58. The molecule has 6 nitrogen and oxygen atoms in total. The van der Waals surface area contributed by atoms with Crippen molar-refractivity contribution < 1.29 is 24.1 Å². The van der Waals surface area contributed by atoms with E-state index in [4.69, 9.17) is 25.8 Å². The van der Waals surface area contributed by atoms with E-state index in [0.29, 0.717) is 40.1 Å². The van der Waals surface area contributed by atoms with Crippen LogP contribution in [0.2, 0.25) is 5.02 Å². The summed E-state index contributed by atoms with van der Waals surface area (Å²) < 4.78 is 17.2. The summed E-state index contributed by atoms with van der Waals surface area (Å²) in [5, 5.41) is 10.2. The minimum Gasteiger partial charge on any atom is -0.497 e. The van der Waals surface area contributed by atoms with Gasteiger partial charge in [-0.3, -0.25) is 0 Å². The van der Waals surface area contributed by atoms with Gasteiger partial charge in [-0.1, -0.05) is 41.9 Å². The van der Waals surface area contributed by atoms with Crippen LogP contribution in [0.1, 0.15) is 21.6 Å². The molecule has 0 unspecified atom stereocenters. The molecule has 0 bridgehead atoms. The van der Waals surface area contributed by atoms with Gasteiger partial charge in [-0.25, -0.2) is 9.78 Å². The van der Waals surface area contributed by atoms with E-state index >= 15 is 0 Å². The van der Waals surface area contributed by atoms with Crippen LogP contribution in [-0.2, 0) is 13.2 Å². The highest BCUT2D eigenvalue weighted by molar-refractivity contribution is 6.30. The number of hydrogen-bond acceptors (Lipinski definition) is 5. The zero-order valence-corrected chi connectivity index (χ0v) is 19.2. The highest BCUT2D eigenvalue weighted by atomic mass is 35.5. The molecule has 0 atom stereocenters. The van der Waals surface area contributed by atoms with Gasteiger partial charge in [-0.05, 0) is 60.2 Å². The first-order chi connectivity index (χ1) is 16.5. The molecule has 1 heterocycles. The average Bonchev–Trinajstić information content (AvgIpc) is 2.87. The van der Waals surface area contributed by atoms with Gasteiger partial charge in [-0.15, -0.1) is 0 Å². The normalized spacial score (nSPS) is 10.5. The summed E-state index contributed by atoms with van der Waals surface area (Å²) in [5.74, 6) is 0.705. The minimum absolute atomic E-state index is 0.0265. The van der Waals surface area contributed by atoms with Gasteiger partial charge in [0.05, 0.1) is 24.1 Å². The van der Waals surface area contributed by atoms with Crippen LogP contribution in [0.4, 0.5) is 0 Å². The summed E-state index contributed by atoms with van der Waals surface area (Å²) in [4.78, 5) is 16.4. The van der Waals surface area contributed by atoms with E-state index in [-0.39, 0.29) is 17.9 Å². The highest BCUT2D eigenvalue weighted by Crippen LogP contribution is 2.34. The molecular weight excluding hydrogens is 454 g/mol. The summed E-state index contributed by atoms with van der Waals surface area (Å²) in [6.45, 7) is 0.348. The summed E-state index contributed by atoms with van der Waals surface area (Å²) in [6, 6.07) is 25.2. The van der Waals surface area contributed by atoms with Crippen molar-refractivity contribution in [3.63, 3.8) is 0 Å². The van der Waals surface area contributed by atoms with Crippen LogP contribution < -0.4 is 14.2 Å². The van der Waals surface area contributed by atoms with Crippen molar-refractivity contribution in [1.82, 2.24) is 4.98 Å². The third kappa shape index (κ3) is 5.66. The molecule has 3 aromatic carbocycles. The number of nitrogens with zero attached hydrogens (tertiary/aromatic N) is 1. The Balaban J connectivity index is 1.66. The van der Waals surface area contributed by atoms with Crippen LogP contribution in [0.25, 0.3) is 11.3 Å². The second kappa shape index (κ2) is 10.7. The third-order valence-electron chi connectivity index (χ3n) is 5.09. The number of aromatic nitrogens is 1. The number of carboxylic acid groups (broad SMARTS) is 1. The van der Waals surface area contributed by atoms with E-state index < -0.39 is 5.97 Å². The summed E-state index contributed by atoms with van der Waals surface area (Å²) in [6.07, 6.45) is 0. The zero-order valence-electron chi connectivity index (χ0n) is 18.4. The van der Waals surface area contributed by atoms with Crippen molar-refractivity contribution in [3.8, 4) is 28.5 Å². The summed E-state index contributed by atoms with van der Waals surface area (Å²) >= 11 is 5.92. The van der Waals surface area contributed by atoms with Gasteiger partial charge in [0.25, 0.3) is 0 Å². The SMILES string of the molecule is COc1ccc(OCc2ccccc2)c(-c2ccc(C(=O)O)c(COc3ccc(Cl)cc3)n2)c1. The number of ether oxygens (including phenoxy) is 3. The molecule has 0 aliphatic heterocycles. The monoisotopic (exact) mass is 475 g/mol. The van der Waals surface area contributed by atoms with Gasteiger partial charge >= 0.3 is 5.97 Å². The van der Waals surface area contributed by atoms with Gasteiger partial charge in [0.1, 0.15) is 30.5 Å². The molecule has 0 amide bonds. The van der Waals surface area contributed by atoms with Crippen LogP contribution in [0.5, 0.6) is 17.2 Å². The number of benzene rings is 3. The molecule has 1 N–H and O–H groups in total. The number of methoxy groups -OCH3 is 1. The highest BCUT2D eigenvalue weighted by Gasteiger charge is 2.17. The molecule has 0 fully saturated rings. The lowest BCUT2D eigenvalue weighted by Crippen LogP contribution is -2.09. The Labute approximate surface area is 202 Å². The molecule has 0 spiro atoms. The first-order valence-corrected chi connectivity index (χ1v) is 10.9. The molecule has 0 radical (unpaired) electrons. The average molecular weight is 476 g/mol.